The van der Waals surface area contributed by atoms with E-state index in [0.29, 0.717) is 19.1 Å². The van der Waals surface area contributed by atoms with Crippen LogP contribution in [0, 0.1) is 0 Å². The molecule has 2 fully saturated rings. The fraction of sp³-hybridized carbons (Fsp3) is 0.917. The van der Waals surface area contributed by atoms with Crippen LogP contribution < -0.4 is 0 Å². The van der Waals surface area contributed by atoms with Gasteiger partial charge >= 0.3 is 5.97 Å². The predicted molar refractivity (Wildman–Crippen MR) is 66.8 cm³/mol. The topological polar surface area (TPSA) is 29.5 Å². The molecule has 1 unspecified atom stereocenters. The van der Waals surface area contributed by atoms with Gasteiger partial charge in [-0.25, -0.2) is 0 Å². The third kappa shape index (κ3) is 2.66. The first kappa shape index (κ1) is 12.1. The summed E-state index contributed by atoms with van der Waals surface area (Å²) in [6.45, 7) is 6.71. The Morgan fingerprint density at radius 1 is 1.31 bits per heavy atom. The van der Waals surface area contributed by atoms with E-state index in [2.05, 4.69) is 17.7 Å². The quantitative estimate of drug-likeness (QED) is 0.521. The van der Waals surface area contributed by atoms with E-state index < -0.39 is 8.24 Å². The van der Waals surface area contributed by atoms with Gasteiger partial charge in [0.05, 0.1) is 13.0 Å². The Bertz CT molecular complexity index is 268. The van der Waals surface area contributed by atoms with Crippen molar-refractivity contribution in [2.45, 2.75) is 57.3 Å². The molecule has 2 aliphatic rings. The first-order chi connectivity index (χ1) is 7.59. The first-order valence-electron chi connectivity index (χ1n) is 6.52. The summed E-state index contributed by atoms with van der Waals surface area (Å²) in [5, 5.41) is 0. The van der Waals surface area contributed by atoms with E-state index in [1.54, 1.807) is 0 Å². The summed E-state index contributed by atoms with van der Waals surface area (Å²) in [5.74, 6) is 0.0152. The smallest absolute Gasteiger partial charge is 0.307 e. The van der Waals surface area contributed by atoms with Crippen molar-refractivity contribution in [3.63, 3.8) is 0 Å². The zero-order valence-corrected chi connectivity index (χ0v) is 11.5. The highest BCUT2D eigenvalue weighted by molar-refractivity contribution is 6.75. The number of rotatable bonds is 1. The Kier molecular flexibility index (Phi) is 3.69. The summed E-state index contributed by atoms with van der Waals surface area (Å²) in [6.07, 6.45) is 5.38. The van der Waals surface area contributed by atoms with Crippen LogP contribution in [0.25, 0.3) is 0 Å². The second-order valence-corrected chi connectivity index (χ2v) is 10.4. The van der Waals surface area contributed by atoms with Crippen LogP contribution in [-0.2, 0) is 9.53 Å². The number of cyclic esters (lactones) is 1. The summed E-state index contributed by atoms with van der Waals surface area (Å²) >= 11 is 0. The zero-order valence-electron chi connectivity index (χ0n) is 10.5. The molecular weight excluding hydrogens is 218 g/mol. The van der Waals surface area contributed by atoms with Gasteiger partial charge < -0.3 is 9.30 Å². The van der Waals surface area contributed by atoms with Gasteiger partial charge in [0.15, 0.2) is 0 Å². The van der Waals surface area contributed by atoms with Gasteiger partial charge in [0.25, 0.3) is 0 Å². The van der Waals surface area contributed by atoms with Crippen LogP contribution in [-0.4, -0.2) is 38.0 Å². The summed E-state index contributed by atoms with van der Waals surface area (Å²) < 4.78 is 7.86. The van der Waals surface area contributed by atoms with Gasteiger partial charge in [-0.05, 0) is 38.3 Å². The van der Waals surface area contributed by atoms with Crippen molar-refractivity contribution in [3.8, 4) is 0 Å². The maximum Gasteiger partial charge on any atom is 0.307 e. The minimum absolute atomic E-state index is 0.0152. The van der Waals surface area contributed by atoms with Crippen molar-refractivity contribution in [3.05, 3.63) is 0 Å². The molecule has 0 bridgehead atoms. The summed E-state index contributed by atoms with van der Waals surface area (Å²) in [5.41, 5.74) is 0. The number of ether oxygens (including phenoxy) is 1. The van der Waals surface area contributed by atoms with Gasteiger partial charge in [0.1, 0.15) is 8.24 Å². The van der Waals surface area contributed by atoms with E-state index >= 15 is 0 Å². The molecule has 0 aromatic heterocycles. The monoisotopic (exact) mass is 241 g/mol. The maximum absolute atomic E-state index is 11.6. The van der Waals surface area contributed by atoms with Gasteiger partial charge in [-0.2, -0.15) is 0 Å². The summed E-state index contributed by atoms with van der Waals surface area (Å²) in [4.78, 5) is 11.6. The highest BCUT2D eigenvalue weighted by Gasteiger charge is 2.39. The van der Waals surface area contributed by atoms with Crippen molar-refractivity contribution in [1.29, 1.82) is 0 Å². The van der Waals surface area contributed by atoms with E-state index in [-0.39, 0.29) is 5.97 Å². The standard InChI is InChI=1S/C12H23NO2Si/c1-16(2)9-5-7-13(16)11-6-3-4-8-15-12(14)10-11/h11H,3-10H2,1-2H3. The van der Waals surface area contributed by atoms with Crippen LogP contribution in [0.15, 0.2) is 0 Å². The molecule has 2 rings (SSSR count). The molecule has 0 radical (unpaired) electrons. The molecule has 0 saturated carbocycles. The molecule has 2 saturated heterocycles. The Balaban J connectivity index is 2.02. The predicted octanol–water partition coefficient (Wildman–Crippen LogP) is 2.38. The molecule has 0 spiro atoms. The number of esters is 1. The van der Waals surface area contributed by atoms with Crippen molar-refractivity contribution in [2.75, 3.05) is 13.2 Å². The second kappa shape index (κ2) is 4.88. The Morgan fingerprint density at radius 3 is 2.81 bits per heavy atom. The van der Waals surface area contributed by atoms with Crippen LogP contribution in [0.2, 0.25) is 19.1 Å². The lowest BCUT2D eigenvalue weighted by Gasteiger charge is -2.37. The lowest BCUT2D eigenvalue weighted by atomic mass is 10.1. The zero-order chi connectivity index (χ0) is 11.6. The molecule has 4 heteroatoms. The number of hydrogen-bond acceptors (Lipinski definition) is 3. The van der Waals surface area contributed by atoms with Gasteiger partial charge in [-0.1, -0.05) is 13.1 Å². The Hall–Kier alpha value is -0.353. The average Bonchev–Trinajstić information content (AvgIpc) is 2.51. The molecule has 16 heavy (non-hydrogen) atoms. The lowest BCUT2D eigenvalue weighted by Crippen LogP contribution is -2.50. The molecule has 2 aliphatic heterocycles. The van der Waals surface area contributed by atoms with E-state index in [9.17, 15) is 4.79 Å². The minimum atomic E-state index is -1.20. The van der Waals surface area contributed by atoms with Gasteiger partial charge in [0.2, 0.25) is 0 Å². The van der Waals surface area contributed by atoms with E-state index in [1.165, 1.54) is 31.9 Å². The number of carbonyl (C=O) groups is 1. The fourth-order valence-corrected chi connectivity index (χ4v) is 6.38. The van der Waals surface area contributed by atoms with Crippen molar-refractivity contribution >= 4 is 14.2 Å². The van der Waals surface area contributed by atoms with Crippen LogP contribution in [0.1, 0.15) is 32.1 Å². The lowest BCUT2D eigenvalue weighted by molar-refractivity contribution is -0.145. The minimum Gasteiger partial charge on any atom is -0.466 e. The molecule has 0 aromatic carbocycles. The van der Waals surface area contributed by atoms with Crippen molar-refractivity contribution in [1.82, 2.24) is 4.57 Å². The molecule has 2 heterocycles. The van der Waals surface area contributed by atoms with Crippen LogP contribution in [0.3, 0.4) is 0 Å². The average molecular weight is 241 g/mol. The number of carbonyl (C=O) groups excluding carboxylic acids is 1. The summed E-state index contributed by atoms with van der Waals surface area (Å²) in [7, 11) is -1.20. The second-order valence-electron chi connectivity index (χ2n) is 5.68. The van der Waals surface area contributed by atoms with E-state index in [0.717, 1.165) is 6.42 Å². The van der Waals surface area contributed by atoms with Crippen LogP contribution >= 0.6 is 0 Å². The normalized spacial score (nSPS) is 31.9. The van der Waals surface area contributed by atoms with Gasteiger partial charge in [-0.3, -0.25) is 4.79 Å². The molecule has 0 aliphatic carbocycles. The van der Waals surface area contributed by atoms with E-state index in [1.807, 2.05) is 0 Å². The highest BCUT2D eigenvalue weighted by atomic mass is 28.3. The molecule has 0 N–H and O–H groups in total. The molecule has 0 amide bonds. The molecule has 3 nitrogen and oxygen atoms in total. The van der Waals surface area contributed by atoms with Crippen LogP contribution in [0.5, 0.6) is 0 Å². The van der Waals surface area contributed by atoms with E-state index in [4.69, 9.17) is 4.74 Å². The van der Waals surface area contributed by atoms with Crippen molar-refractivity contribution < 1.29 is 9.53 Å². The third-order valence-corrected chi connectivity index (χ3v) is 7.72. The molecule has 0 aromatic rings. The Labute approximate surface area is 99.2 Å². The SMILES string of the molecule is C[Si]1(C)CCCN1C1CCCCOC(=O)C1. The van der Waals surface area contributed by atoms with Gasteiger partial charge in [-0.15, -0.1) is 0 Å². The van der Waals surface area contributed by atoms with Crippen LogP contribution in [0.4, 0.5) is 0 Å². The molecular formula is C12H23NO2Si. The summed E-state index contributed by atoms with van der Waals surface area (Å²) in [6, 6.07) is 1.86. The number of hydrogen-bond donors (Lipinski definition) is 0. The molecule has 92 valence electrons. The highest BCUT2D eigenvalue weighted by Crippen LogP contribution is 2.31. The van der Waals surface area contributed by atoms with Crippen molar-refractivity contribution in [2.24, 2.45) is 0 Å². The third-order valence-electron chi connectivity index (χ3n) is 4.00. The Morgan fingerprint density at radius 2 is 2.12 bits per heavy atom. The largest absolute Gasteiger partial charge is 0.466 e. The first-order valence-corrected chi connectivity index (χ1v) is 9.67. The maximum atomic E-state index is 11.6. The molecule has 1 atom stereocenters. The fourth-order valence-electron chi connectivity index (χ4n) is 3.09. The van der Waals surface area contributed by atoms with Gasteiger partial charge in [0, 0.05) is 6.04 Å². The number of nitrogens with zero attached hydrogens (tertiary/aromatic N) is 1.